The van der Waals surface area contributed by atoms with Crippen LogP contribution in [0.1, 0.15) is 20.3 Å². The van der Waals surface area contributed by atoms with Gasteiger partial charge in [0.2, 0.25) is 0 Å². The number of nitrogens with two attached hydrogens (primary N) is 1. The van der Waals surface area contributed by atoms with E-state index in [1.54, 1.807) is 12.1 Å². The average Bonchev–Trinajstić information content (AvgIpc) is 2.67. The number of hydrogen-bond donors (Lipinski definition) is 4. The maximum absolute atomic E-state index is 11.1. The monoisotopic (exact) mass is 265 g/mol. The molecule has 0 saturated heterocycles. The summed E-state index contributed by atoms with van der Waals surface area (Å²) in [6.45, 7) is 4.20. The summed E-state index contributed by atoms with van der Waals surface area (Å²) in [5.74, 6) is -0.0456. The Bertz CT molecular complexity index is 615. The average molecular weight is 265 g/mol. The van der Waals surface area contributed by atoms with E-state index in [1.165, 1.54) is 0 Å². The number of rotatable bonds is 5. The molecule has 0 saturated carbocycles. The highest BCUT2D eigenvalue weighted by Crippen LogP contribution is 2.25. The number of benzene rings is 1. The molecule has 1 heterocycles. The zero-order valence-corrected chi connectivity index (χ0v) is 11.1. The summed E-state index contributed by atoms with van der Waals surface area (Å²) in [5.41, 5.74) is 8.09. The van der Waals surface area contributed by atoms with Crippen LogP contribution in [-0.2, 0) is 0 Å². The number of aromatic amines is 1. The molecule has 0 bridgehead atoms. The van der Waals surface area contributed by atoms with Crippen LogP contribution in [0.15, 0.2) is 21.3 Å². The van der Waals surface area contributed by atoms with Crippen molar-refractivity contribution >= 4 is 22.5 Å². The van der Waals surface area contributed by atoms with Crippen molar-refractivity contribution in [1.82, 2.24) is 4.98 Å². The lowest BCUT2D eigenvalue weighted by molar-refractivity contribution is 0.259. The van der Waals surface area contributed by atoms with Crippen molar-refractivity contribution in [2.45, 2.75) is 26.3 Å². The van der Waals surface area contributed by atoms with Crippen LogP contribution < -0.4 is 16.8 Å². The summed E-state index contributed by atoms with van der Waals surface area (Å²) in [7, 11) is 0. The SMILES string of the molecule is CC(C)CC(CO)Nc1cc2[nH]c(=O)oc2cc1N. The number of fused-ring (bicyclic) bond motifs is 1. The molecule has 2 rings (SSSR count). The largest absolute Gasteiger partial charge is 0.417 e. The number of aromatic nitrogens is 1. The summed E-state index contributed by atoms with van der Waals surface area (Å²) in [4.78, 5) is 13.7. The molecular weight excluding hydrogens is 246 g/mol. The quantitative estimate of drug-likeness (QED) is 0.614. The fourth-order valence-electron chi connectivity index (χ4n) is 2.11. The highest BCUT2D eigenvalue weighted by Gasteiger charge is 2.13. The predicted octanol–water partition coefficient (Wildman–Crippen LogP) is 1.52. The summed E-state index contributed by atoms with van der Waals surface area (Å²) >= 11 is 0. The lowest BCUT2D eigenvalue weighted by Gasteiger charge is -2.20. The van der Waals surface area contributed by atoms with Crippen LogP contribution in [0.25, 0.3) is 11.1 Å². The molecule has 1 atom stereocenters. The first-order chi connectivity index (χ1) is 8.99. The Balaban J connectivity index is 2.28. The molecule has 5 N–H and O–H groups in total. The first-order valence-electron chi connectivity index (χ1n) is 6.29. The molecule has 1 aromatic heterocycles. The van der Waals surface area contributed by atoms with Gasteiger partial charge in [0.05, 0.1) is 23.5 Å². The maximum Gasteiger partial charge on any atom is 0.417 e. The van der Waals surface area contributed by atoms with E-state index >= 15 is 0 Å². The Labute approximate surface area is 110 Å². The number of aliphatic hydroxyl groups is 1. The fourth-order valence-corrected chi connectivity index (χ4v) is 2.11. The minimum absolute atomic E-state index is 0.0254. The van der Waals surface area contributed by atoms with E-state index in [0.29, 0.717) is 28.4 Å². The lowest BCUT2D eigenvalue weighted by atomic mass is 10.0. The van der Waals surface area contributed by atoms with Gasteiger partial charge in [-0.25, -0.2) is 4.79 Å². The van der Waals surface area contributed by atoms with Gasteiger partial charge in [-0.15, -0.1) is 0 Å². The molecule has 6 heteroatoms. The van der Waals surface area contributed by atoms with Gasteiger partial charge in [0.15, 0.2) is 5.58 Å². The van der Waals surface area contributed by atoms with Crippen molar-refractivity contribution in [1.29, 1.82) is 0 Å². The zero-order chi connectivity index (χ0) is 14.0. The number of nitrogens with one attached hydrogen (secondary N) is 2. The normalized spacial score (nSPS) is 13.1. The standard InChI is InChI=1S/C13H19N3O3/c1-7(2)3-8(6-17)15-10-5-11-12(4-9(10)14)19-13(18)16-11/h4-5,7-8,15,17H,3,6,14H2,1-2H3,(H,16,18). The van der Waals surface area contributed by atoms with Gasteiger partial charge in [0.1, 0.15) is 0 Å². The van der Waals surface area contributed by atoms with Crippen molar-refractivity contribution < 1.29 is 9.52 Å². The van der Waals surface area contributed by atoms with Gasteiger partial charge >= 0.3 is 5.76 Å². The summed E-state index contributed by atoms with van der Waals surface area (Å²) < 4.78 is 4.93. The van der Waals surface area contributed by atoms with Crippen molar-refractivity contribution in [3.05, 3.63) is 22.7 Å². The molecule has 1 unspecified atom stereocenters. The number of anilines is 2. The molecule has 1 aromatic carbocycles. The number of aliphatic hydroxyl groups excluding tert-OH is 1. The topological polar surface area (TPSA) is 104 Å². The second-order valence-electron chi connectivity index (χ2n) is 5.10. The molecular formula is C13H19N3O3. The van der Waals surface area contributed by atoms with Crippen molar-refractivity contribution in [2.75, 3.05) is 17.7 Å². The molecule has 0 amide bonds. The van der Waals surface area contributed by atoms with Gasteiger partial charge in [-0.2, -0.15) is 0 Å². The fraction of sp³-hybridized carbons (Fsp3) is 0.462. The minimum atomic E-state index is -0.507. The van der Waals surface area contributed by atoms with Gasteiger partial charge in [0.25, 0.3) is 0 Å². The van der Waals surface area contributed by atoms with Gasteiger partial charge in [-0.1, -0.05) is 13.8 Å². The number of oxazole rings is 1. The smallest absolute Gasteiger partial charge is 0.408 e. The molecule has 19 heavy (non-hydrogen) atoms. The number of nitrogen functional groups attached to an aromatic ring is 1. The molecule has 104 valence electrons. The van der Waals surface area contributed by atoms with Gasteiger partial charge < -0.3 is 20.6 Å². The van der Waals surface area contributed by atoms with Crippen molar-refractivity contribution in [3.8, 4) is 0 Å². The Morgan fingerprint density at radius 2 is 2.21 bits per heavy atom. The van der Waals surface area contributed by atoms with E-state index in [-0.39, 0.29) is 12.6 Å². The molecule has 0 aliphatic rings. The van der Waals surface area contributed by atoms with Crippen LogP contribution in [0.3, 0.4) is 0 Å². The molecule has 6 nitrogen and oxygen atoms in total. The Kier molecular flexibility index (Phi) is 3.80. The van der Waals surface area contributed by atoms with Crippen LogP contribution in [0, 0.1) is 5.92 Å². The van der Waals surface area contributed by atoms with Crippen molar-refractivity contribution in [3.63, 3.8) is 0 Å². The van der Waals surface area contributed by atoms with Crippen molar-refractivity contribution in [2.24, 2.45) is 5.92 Å². The second-order valence-corrected chi connectivity index (χ2v) is 5.10. The Hall–Kier alpha value is -1.95. The maximum atomic E-state index is 11.1. The highest BCUT2D eigenvalue weighted by atomic mass is 16.4. The molecule has 0 radical (unpaired) electrons. The first-order valence-corrected chi connectivity index (χ1v) is 6.29. The zero-order valence-electron chi connectivity index (χ0n) is 11.1. The highest BCUT2D eigenvalue weighted by molar-refractivity contribution is 5.85. The molecule has 0 aliphatic carbocycles. The van der Waals surface area contributed by atoms with Crippen LogP contribution in [0.2, 0.25) is 0 Å². The Morgan fingerprint density at radius 1 is 1.47 bits per heavy atom. The molecule has 0 spiro atoms. The third-order valence-electron chi connectivity index (χ3n) is 2.93. The minimum Gasteiger partial charge on any atom is -0.408 e. The summed E-state index contributed by atoms with van der Waals surface area (Å²) in [5, 5.41) is 12.6. The number of H-pyrrole nitrogens is 1. The second kappa shape index (κ2) is 5.36. The van der Waals surface area contributed by atoms with E-state index in [2.05, 4.69) is 24.1 Å². The molecule has 0 aliphatic heterocycles. The van der Waals surface area contributed by atoms with Gasteiger partial charge in [-0.05, 0) is 18.4 Å². The van der Waals surface area contributed by atoms with Crippen LogP contribution in [0.4, 0.5) is 11.4 Å². The molecule has 0 fully saturated rings. The van der Waals surface area contributed by atoms with Crippen LogP contribution in [-0.4, -0.2) is 22.7 Å². The molecule has 2 aromatic rings. The number of hydrogen-bond acceptors (Lipinski definition) is 5. The van der Waals surface area contributed by atoms with E-state index in [0.717, 1.165) is 6.42 Å². The van der Waals surface area contributed by atoms with E-state index in [4.69, 9.17) is 10.2 Å². The van der Waals surface area contributed by atoms with Crippen LogP contribution >= 0.6 is 0 Å². The third kappa shape index (κ3) is 3.08. The van der Waals surface area contributed by atoms with E-state index in [1.807, 2.05) is 0 Å². The van der Waals surface area contributed by atoms with Gasteiger partial charge in [-0.3, -0.25) is 4.98 Å². The van der Waals surface area contributed by atoms with E-state index in [9.17, 15) is 9.90 Å². The Morgan fingerprint density at radius 3 is 2.84 bits per heavy atom. The van der Waals surface area contributed by atoms with Gasteiger partial charge in [0, 0.05) is 12.1 Å². The third-order valence-corrected chi connectivity index (χ3v) is 2.93. The predicted molar refractivity (Wildman–Crippen MR) is 75.2 cm³/mol. The first kappa shape index (κ1) is 13.5. The summed E-state index contributed by atoms with van der Waals surface area (Å²) in [6.07, 6.45) is 0.829. The van der Waals surface area contributed by atoms with E-state index < -0.39 is 5.76 Å². The lowest BCUT2D eigenvalue weighted by Crippen LogP contribution is -2.26. The summed E-state index contributed by atoms with van der Waals surface area (Å²) in [6, 6.07) is 3.25. The van der Waals surface area contributed by atoms with Crippen LogP contribution in [0.5, 0.6) is 0 Å².